The van der Waals surface area contributed by atoms with Gasteiger partial charge in [0, 0.05) is 0 Å². The van der Waals surface area contributed by atoms with E-state index in [0.29, 0.717) is 10.7 Å². The van der Waals surface area contributed by atoms with E-state index in [1.54, 1.807) is 24.3 Å². The van der Waals surface area contributed by atoms with Crippen LogP contribution in [0.3, 0.4) is 0 Å². The fourth-order valence-corrected chi connectivity index (χ4v) is 1.84. The summed E-state index contributed by atoms with van der Waals surface area (Å²) in [5.74, 6) is -1.10. The number of aliphatic carboxylic acids is 1. The molecule has 0 aliphatic heterocycles. The number of carboxylic acids is 1. The van der Waals surface area contributed by atoms with Crippen molar-refractivity contribution in [3.8, 4) is 0 Å². The van der Waals surface area contributed by atoms with E-state index in [1.807, 2.05) is 0 Å². The fourth-order valence-electron chi connectivity index (χ4n) is 1.65. The summed E-state index contributed by atoms with van der Waals surface area (Å²) in [6.07, 6.45) is 1.47. The van der Waals surface area contributed by atoms with Crippen LogP contribution in [0.15, 0.2) is 30.5 Å². The second kappa shape index (κ2) is 6.36. The predicted octanol–water partition coefficient (Wildman–Crippen LogP) is 1.16. The lowest BCUT2D eigenvalue weighted by molar-refractivity contribution is -0.138. The Kier molecular flexibility index (Phi) is 4.54. The maximum atomic E-state index is 11.4. The fraction of sp³-hybridized carbons (Fsp3) is 0.250. The molecule has 20 heavy (non-hydrogen) atoms. The SMILES string of the molecule is O=C(O)C(Nc1ccccc1Cl)c1cn(CCO)nn1. The molecule has 1 atom stereocenters. The number of aliphatic hydroxyl groups is 1. The number of hydrogen-bond donors (Lipinski definition) is 3. The molecular weight excluding hydrogens is 284 g/mol. The molecule has 1 heterocycles. The number of carboxylic acid groups (broad SMARTS) is 1. The second-order valence-electron chi connectivity index (χ2n) is 4.03. The Balaban J connectivity index is 2.23. The molecule has 2 aromatic rings. The highest BCUT2D eigenvalue weighted by Gasteiger charge is 2.23. The van der Waals surface area contributed by atoms with Crippen LogP contribution in [0, 0.1) is 0 Å². The zero-order valence-electron chi connectivity index (χ0n) is 10.4. The molecule has 3 N–H and O–H groups in total. The van der Waals surface area contributed by atoms with Gasteiger partial charge in [0.1, 0.15) is 5.69 Å². The van der Waals surface area contributed by atoms with Gasteiger partial charge in [-0.05, 0) is 12.1 Å². The van der Waals surface area contributed by atoms with Gasteiger partial charge in [0.25, 0.3) is 0 Å². The molecule has 0 spiro atoms. The lowest BCUT2D eigenvalue weighted by atomic mass is 10.2. The van der Waals surface area contributed by atoms with Gasteiger partial charge in [-0.15, -0.1) is 5.10 Å². The molecule has 0 radical (unpaired) electrons. The third-order valence-corrected chi connectivity index (χ3v) is 2.93. The summed E-state index contributed by atoms with van der Waals surface area (Å²) in [7, 11) is 0. The van der Waals surface area contributed by atoms with Gasteiger partial charge in [-0.3, -0.25) is 0 Å². The van der Waals surface area contributed by atoms with Gasteiger partial charge < -0.3 is 15.5 Å². The molecule has 1 aromatic heterocycles. The molecule has 0 saturated carbocycles. The van der Waals surface area contributed by atoms with Crippen molar-refractivity contribution in [2.75, 3.05) is 11.9 Å². The van der Waals surface area contributed by atoms with Crippen molar-refractivity contribution in [1.29, 1.82) is 0 Å². The largest absolute Gasteiger partial charge is 0.479 e. The van der Waals surface area contributed by atoms with E-state index in [1.165, 1.54) is 10.9 Å². The smallest absolute Gasteiger partial charge is 0.332 e. The van der Waals surface area contributed by atoms with Crippen molar-refractivity contribution in [3.05, 3.63) is 41.2 Å². The molecule has 8 heteroatoms. The number of para-hydroxylation sites is 1. The van der Waals surface area contributed by atoms with Gasteiger partial charge in [-0.25, -0.2) is 9.48 Å². The zero-order chi connectivity index (χ0) is 14.5. The van der Waals surface area contributed by atoms with Crippen LogP contribution < -0.4 is 5.32 Å². The van der Waals surface area contributed by atoms with Crippen molar-refractivity contribution in [2.45, 2.75) is 12.6 Å². The molecule has 0 bridgehead atoms. The van der Waals surface area contributed by atoms with Crippen LogP contribution in [0.1, 0.15) is 11.7 Å². The Morgan fingerprint density at radius 3 is 2.85 bits per heavy atom. The monoisotopic (exact) mass is 296 g/mol. The van der Waals surface area contributed by atoms with Gasteiger partial charge >= 0.3 is 5.97 Å². The first kappa shape index (κ1) is 14.3. The van der Waals surface area contributed by atoms with Crippen molar-refractivity contribution in [2.24, 2.45) is 0 Å². The number of carbonyl (C=O) groups is 1. The number of aromatic nitrogens is 3. The molecule has 0 fully saturated rings. The summed E-state index contributed by atoms with van der Waals surface area (Å²) in [6.45, 7) is 0.157. The van der Waals surface area contributed by atoms with E-state index in [4.69, 9.17) is 16.7 Å². The second-order valence-corrected chi connectivity index (χ2v) is 4.43. The zero-order valence-corrected chi connectivity index (χ0v) is 11.2. The summed E-state index contributed by atoms with van der Waals surface area (Å²) < 4.78 is 1.37. The number of halogens is 1. The van der Waals surface area contributed by atoms with E-state index in [-0.39, 0.29) is 18.8 Å². The van der Waals surface area contributed by atoms with Gasteiger partial charge in [0.15, 0.2) is 6.04 Å². The van der Waals surface area contributed by atoms with E-state index >= 15 is 0 Å². The lowest BCUT2D eigenvalue weighted by Gasteiger charge is -2.14. The van der Waals surface area contributed by atoms with E-state index in [9.17, 15) is 9.90 Å². The number of hydrogen-bond acceptors (Lipinski definition) is 5. The summed E-state index contributed by atoms with van der Waals surface area (Å²) in [6, 6.07) is 5.76. The number of nitrogens with zero attached hydrogens (tertiary/aromatic N) is 3. The molecule has 106 valence electrons. The van der Waals surface area contributed by atoms with Crippen LogP contribution in [0.2, 0.25) is 5.02 Å². The molecular formula is C12H13ClN4O3. The third kappa shape index (κ3) is 3.25. The number of benzene rings is 1. The van der Waals surface area contributed by atoms with E-state index in [2.05, 4.69) is 15.6 Å². The van der Waals surface area contributed by atoms with Crippen molar-refractivity contribution < 1.29 is 15.0 Å². The molecule has 1 unspecified atom stereocenters. The quantitative estimate of drug-likeness (QED) is 0.739. The standard InChI is InChI=1S/C12H13ClN4O3/c13-8-3-1-2-4-9(8)14-11(12(19)20)10-7-17(5-6-18)16-15-10/h1-4,7,11,14,18H,5-6H2,(H,19,20). The Bertz CT molecular complexity index is 602. The van der Waals surface area contributed by atoms with Crippen LogP contribution >= 0.6 is 11.6 Å². The van der Waals surface area contributed by atoms with Crippen molar-refractivity contribution in [3.63, 3.8) is 0 Å². The van der Waals surface area contributed by atoms with Gasteiger partial charge in [0.2, 0.25) is 0 Å². The Morgan fingerprint density at radius 2 is 2.20 bits per heavy atom. The Hall–Kier alpha value is -2.12. The van der Waals surface area contributed by atoms with Crippen LogP contribution in [-0.2, 0) is 11.3 Å². The Labute approximate surface area is 119 Å². The van der Waals surface area contributed by atoms with Crippen LogP contribution in [0.25, 0.3) is 0 Å². The van der Waals surface area contributed by atoms with E-state index in [0.717, 1.165) is 0 Å². The van der Waals surface area contributed by atoms with Crippen LogP contribution in [0.4, 0.5) is 5.69 Å². The summed E-state index contributed by atoms with van der Waals surface area (Å²) in [4.78, 5) is 11.4. The molecule has 2 rings (SSSR count). The van der Waals surface area contributed by atoms with E-state index < -0.39 is 12.0 Å². The molecule has 0 saturated heterocycles. The Morgan fingerprint density at radius 1 is 1.45 bits per heavy atom. The van der Waals surface area contributed by atoms with Gasteiger partial charge in [0.05, 0.1) is 30.1 Å². The highest BCUT2D eigenvalue weighted by atomic mass is 35.5. The van der Waals surface area contributed by atoms with Crippen molar-refractivity contribution in [1.82, 2.24) is 15.0 Å². The first-order valence-corrected chi connectivity index (χ1v) is 6.24. The van der Waals surface area contributed by atoms with Crippen LogP contribution in [0.5, 0.6) is 0 Å². The molecule has 7 nitrogen and oxygen atoms in total. The lowest BCUT2D eigenvalue weighted by Crippen LogP contribution is -2.21. The number of anilines is 1. The minimum atomic E-state index is -1.10. The summed E-state index contributed by atoms with van der Waals surface area (Å²) in [5.41, 5.74) is 0.740. The first-order chi connectivity index (χ1) is 9.61. The molecule has 0 aliphatic rings. The third-order valence-electron chi connectivity index (χ3n) is 2.60. The predicted molar refractivity (Wildman–Crippen MR) is 72.6 cm³/mol. The normalized spacial score (nSPS) is 12.1. The average molecular weight is 297 g/mol. The highest BCUT2D eigenvalue weighted by molar-refractivity contribution is 6.33. The molecule has 0 aliphatic carbocycles. The van der Waals surface area contributed by atoms with Gasteiger partial charge in [-0.1, -0.05) is 28.9 Å². The maximum Gasteiger partial charge on any atom is 0.332 e. The minimum Gasteiger partial charge on any atom is -0.479 e. The molecule has 1 aromatic carbocycles. The van der Waals surface area contributed by atoms with Gasteiger partial charge in [-0.2, -0.15) is 0 Å². The summed E-state index contributed by atoms with van der Waals surface area (Å²) >= 11 is 5.99. The average Bonchev–Trinajstić information content (AvgIpc) is 2.86. The van der Waals surface area contributed by atoms with Crippen LogP contribution in [-0.4, -0.2) is 37.8 Å². The number of nitrogens with one attached hydrogen (secondary N) is 1. The topological polar surface area (TPSA) is 100 Å². The minimum absolute atomic E-state index is 0.0987. The highest BCUT2D eigenvalue weighted by Crippen LogP contribution is 2.25. The van der Waals surface area contributed by atoms with Crippen molar-refractivity contribution >= 4 is 23.3 Å². The summed E-state index contributed by atoms with van der Waals surface area (Å²) in [5, 5.41) is 28.9. The maximum absolute atomic E-state index is 11.4. The molecule has 0 amide bonds. The number of aliphatic hydroxyl groups excluding tert-OH is 1. The first-order valence-electron chi connectivity index (χ1n) is 5.86. The number of rotatable bonds is 6.